The zero-order chi connectivity index (χ0) is 15.2. The maximum absolute atomic E-state index is 5.74. The largest absolute Gasteiger partial charge is 0.497 e. The van der Waals surface area contributed by atoms with Gasteiger partial charge in [-0.2, -0.15) is 5.10 Å². The summed E-state index contributed by atoms with van der Waals surface area (Å²) in [6.07, 6.45) is 4.85. The normalized spacial score (nSPS) is 12.4. The van der Waals surface area contributed by atoms with Crippen LogP contribution in [0.2, 0.25) is 0 Å². The number of hydrazine groups is 1. The molecular weight excluding hydrogens is 264 g/mol. The van der Waals surface area contributed by atoms with E-state index in [-0.39, 0.29) is 6.04 Å². The van der Waals surface area contributed by atoms with Crippen LogP contribution < -0.4 is 16.0 Å². The van der Waals surface area contributed by atoms with E-state index in [9.17, 15) is 0 Å². The fourth-order valence-electron chi connectivity index (χ4n) is 2.55. The molecule has 1 heterocycles. The van der Waals surface area contributed by atoms with Crippen molar-refractivity contribution in [2.75, 3.05) is 7.11 Å². The number of hydrogen-bond acceptors (Lipinski definition) is 4. The molecule has 21 heavy (non-hydrogen) atoms. The number of methoxy groups -OCH3 is 1. The van der Waals surface area contributed by atoms with Gasteiger partial charge in [-0.1, -0.05) is 19.1 Å². The van der Waals surface area contributed by atoms with Crippen molar-refractivity contribution in [1.82, 2.24) is 15.2 Å². The van der Waals surface area contributed by atoms with Gasteiger partial charge in [-0.3, -0.25) is 16.0 Å². The summed E-state index contributed by atoms with van der Waals surface area (Å²) in [5.74, 6) is 6.62. The summed E-state index contributed by atoms with van der Waals surface area (Å²) >= 11 is 0. The zero-order valence-corrected chi connectivity index (χ0v) is 13.0. The van der Waals surface area contributed by atoms with Gasteiger partial charge in [0.2, 0.25) is 0 Å². The number of benzene rings is 1. The lowest BCUT2D eigenvalue weighted by Gasteiger charge is -2.15. The van der Waals surface area contributed by atoms with E-state index in [1.165, 1.54) is 11.1 Å². The van der Waals surface area contributed by atoms with Gasteiger partial charge in [-0.15, -0.1) is 0 Å². The molecule has 5 nitrogen and oxygen atoms in total. The number of ether oxygens (including phenoxy) is 1. The Morgan fingerprint density at radius 1 is 1.33 bits per heavy atom. The van der Waals surface area contributed by atoms with Gasteiger partial charge in [0.1, 0.15) is 5.75 Å². The zero-order valence-electron chi connectivity index (χ0n) is 13.0. The molecule has 0 aliphatic rings. The summed E-state index contributed by atoms with van der Waals surface area (Å²) in [5.41, 5.74) is 6.49. The highest BCUT2D eigenvalue weighted by Crippen LogP contribution is 2.22. The van der Waals surface area contributed by atoms with Crippen molar-refractivity contribution < 1.29 is 4.74 Å². The molecule has 114 valence electrons. The van der Waals surface area contributed by atoms with Gasteiger partial charge >= 0.3 is 0 Å². The van der Waals surface area contributed by atoms with Crippen molar-refractivity contribution in [2.24, 2.45) is 12.9 Å². The van der Waals surface area contributed by atoms with E-state index in [2.05, 4.69) is 35.8 Å². The molecule has 2 rings (SSSR count). The van der Waals surface area contributed by atoms with Crippen molar-refractivity contribution in [1.29, 1.82) is 0 Å². The van der Waals surface area contributed by atoms with Crippen LogP contribution >= 0.6 is 0 Å². The van der Waals surface area contributed by atoms with E-state index >= 15 is 0 Å². The van der Waals surface area contributed by atoms with Crippen LogP contribution in [-0.4, -0.2) is 16.9 Å². The molecule has 5 heteroatoms. The van der Waals surface area contributed by atoms with Crippen molar-refractivity contribution in [3.63, 3.8) is 0 Å². The lowest BCUT2D eigenvalue weighted by Crippen LogP contribution is -2.28. The van der Waals surface area contributed by atoms with Crippen LogP contribution in [0.15, 0.2) is 30.5 Å². The van der Waals surface area contributed by atoms with Crippen molar-refractivity contribution >= 4 is 0 Å². The lowest BCUT2D eigenvalue weighted by molar-refractivity contribution is 0.414. The van der Waals surface area contributed by atoms with Gasteiger partial charge in [0.05, 0.1) is 12.8 Å². The maximum atomic E-state index is 5.74. The van der Waals surface area contributed by atoms with E-state index < -0.39 is 0 Å². The molecule has 0 amide bonds. The predicted octanol–water partition coefficient (Wildman–Crippen LogP) is 2.13. The molecule has 0 aliphatic heterocycles. The second kappa shape index (κ2) is 7.24. The second-order valence-corrected chi connectivity index (χ2v) is 5.16. The van der Waals surface area contributed by atoms with Crippen LogP contribution in [0.25, 0.3) is 0 Å². The van der Waals surface area contributed by atoms with Crippen molar-refractivity contribution in [3.05, 3.63) is 47.3 Å². The number of aryl methyl sites for hydroxylation is 3. The minimum Gasteiger partial charge on any atom is -0.497 e. The van der Waals surface area contributed by atoms with Crippen LogP contribution in [0.5, 0.6) is 5.75 Å². The first-order chi connectivity index (χ1) is 10.2. The SMILES string of the molecule is CCc1nn(C)cc1C(CCc1ccc(OC)cc1)NN. The number of hydrogen-bond donors (Lipinski definition) is 2. The van der Waals surface area contributed by atoms with Crippen LogP contribution in [0.1, 0.15) is 36.2 Å². The number of nitrogens with zero attached hydrogens (tertiary/aromatic N) is 2. The highest BCUT2D eigenvalue weighted by molar-refractivity contribution is 5.28. The fourth-order valence-corrected chi connectivity index (χ4v) is 2.55. The molecule has 0 aliphatic carbocycles. The lowest BCUT2D eigenvalue weighted by atomic mass is 9.99. The third-order valence-electron chi connectivity index (χ3n) is 3.73. The molecule has 1 aromatic heterocycles. The summed E-state index contributed by atoms with van der Waals surface area (Å²) in [4.78, 5) is 0. The highest BCUT2D eigenvalue weighted by atomic mass is 16.5. The Hall–Kier alpha value is -1.85. The molecule has 0 bridgehead atoms. The Balaban J connectivity index is 2.04. The van der Waals surface area contributed by atoms with Crippen LogP contribution in [-0.2, 0) is 19.9 Å². The summed E-state index contributed by atoms with van der Waals surface area (Å²) in [6, 6.07) is 8.28. The number of nitrogens with one attached hydrogen (secondary N) is 1. The quantitative estimate of drug-likeness (QED) is 0.605. The molecular formula is C16H24N4O. The van der Waals surface area contributed by atoms with Crippen molar-refractivity contribution in [2.45, 2.75) is 32.2 Å². The van der Waals surface area contributed by atoms with Crippen LogP contribution in [0, 0.1) is 0 Å². The van der Waals surface area contributed by atoms with E-state index in [0.717, 1.165) is 30.7 Å². The van der Waals surface area contributed by atoms with E-state index in [1.54, 1.807) is 7.11 Å². The summed E-state index contributed by atoms with van der Waals surface area (Å²) in [5, 5.41) is 4.48. The molecule has 0 saturated carbocycles. The third kappa shape index (κ3) is 3.83. The van der Waals surface area contributed by atoms with Gasteiger partial charge in [-0.05, 0) is 37.0 Å². The van der Waals surface area contributed by atoms with Gasteiger partial charge < -0.3 is 4.74 Å². The predicted molar refractivity (Wildman–Crippen MR) is 84.0 cm³/mol. The Kier molecular flexibility index (Phi) is 5.36. The Morgan fingerprint density at radius 3 is 2.62 bits per heavy atom. The minimum atomic E-state index is 0.121. The first-order valence-corrected chi connectivity index (χ1v) is 7.29. The molecule has 3 N–H and O–H groups in total. The Labute approximate surface area is 126 Å². The molecule has 1 unspecified atom stereocenters. The minimum absolute atomic E-state index is 0.121. The Morgan fingerprint density at radius 2 is 2.05 bits per heavy atom. The molecule has 0 saturated heterocycles. The summed E-state index contributed by atoms with van der Waals surface area (Å²) in [6.45, 7) is 2.11. The summed E-state index contributed by atoms with van der Waals surface area (Å²) < 4.78 is 7.03. The molecule has 0 radical (unpaired) electrons. The smallest absolute Gasteiger partial charge is 0.118 e. The van der Waals surface area contributed by atoms with E-state index in [0.29, 0.717) is 0 Å². The van der Waals surface area contributed by atoms with Gasteiger partial charge in [0.25, 0.3) is 0 Å². The first kappa shape index (κ1) is 15.5. The summed E-state index contributed by atoms with van der Waals surface area (Å²) in [7, 11) is 3.62. The Bertz CT molecular complexity index is 562. The first-order valence-electron chi connectivity index (χ1n) is 7.29. The van der Waals surface area contributed by atoms with Crippen molar-refractivity contribution in [3.8, 4) is 5.75 Å². The average molecular weight is 288 g/mol. The van der Waals surface area contributed by atoms with Gasteiger partial charge in [0.15, 0.2) is 0 Å². The third-order valence-corrected chi connectivity index (χ3v) is 3.73. The fraction of sp³-hybridized carbons (Fsp3) is 0.438. The monoisotopic (exact) mass is 288 g/mol. The molecule has 2 aromatic rings. The molecule has 0 spiro atoms. The van der Waals surface area contributed by atoms with E-state index in [1.807, 2.05) is 23.9 Å². The highest BCUT2D eigenvalue weighted by Gasteiger charge is 2.16. The van der Waals surface area contributed by atoms with Gasteiger partial charge in [-0.25, -0.2) is 0 Å². The topological polar surface area (TPSA) is 65.1 Å². The number of aromatic nitrogens is 2. The average Bonchev–Trinajstić information content (AvgIpc) is 2.89. The standard InChI is InChI=1S/C16H24N4O/c1-4-15-14(11-20(2)19-15)16(18-17)10-7-12-5-8-13(21-3)9-6-12/h5-6,8-9,11,16,18H,4,7,10,17H2,1-3H3. The van der Waals surface area contributed by atoms with E-state index in [4.69, 9.17) is 10.6 Å². The molecule has 1 aromatic carbocycles. The van der Waals surface area contributed by atoms with Crippen LogP contribution in [0.4, 0.5) is 0 Å². The maximum Gasteiger partial charge on any atom is 0.118 e. The van der Waals surface area contributed by atoms with Gasteiger partial charge in [0, 0.05) is 24.8 Å². The van der Waals surface area contributed by atoms with Crippen LogP contribution in [0.3, 0.4) is 0 Å². The second-order valence-electron chi connectivity index (χ2n) is 5.16. The number of rotatable bonds is 7. The molecule has 0 fully saturated rings. The molecule has 1 atom stereocenters. The number of nitrogens with two attached hydrogens (primary N) is 1.